The number of likely N-dealkylation sites (N-methyl/N-ethyl adjacent to an activating group) is 1. The van der Waals surface area contributed by atoms with Crippen LogP contribution >= 0.6 is 11.3 Å². The largest absolute Gasteiger partial charge is 0.477 e. The number of thiophene rings is 1. The number of nitrogens with zero attached hydrogens (tertiary/aromatic N) is 3. The van der Waals surface area contributed by atoms with Crippen LogP contribution in [0.25, 0.3) is 20.3 Å². The Hall–Kier alpha value is -2.38. The standard InChI is InChI=1S/C22H23N3O3S/c1-23-14-4-5-15(23)10-24(9-14)13-6-7-16-18(8-13)29-21-19(16)25(12-2-3-12)11-17(20(21)26)22(27)28/h6-8,11-12,14-15H,2-5,9-10H2,1H3,(H,27,28). The highest BCUT2D eigenvalue weighted by molar-refractivity contribution is 7.25. The predicted molar refractivity (Wildman–Crippen MR) is 116 cm³/mol. The van der Waals surface area contributed by atoms with Crippen LogP contribution in [0.3, 0.4) is 0 Å². The molecule has 2 aliphatic heterocycles. The third-order valence-electron chi connectivity index (χ3n) is 7.01. The third-order valence-corrected chi connectivity index (χ3v) is 8.15. The summed E-state index contributed by atoms with van der Waals surface area (Å²) in [5.74, 6) is -1.14. The lowest BCUT2D eigenvalue weighted by Crippen LogP contribution is -2.51. The molecule has 1 aromatic carbocycles. The van der Waals surface area contributed by atoms with Crippen LogP contribution in [-0.4, -0.2) is 52.8 Å². The Morgan fingerprint density at radius 1 is 1.10 bits per heavy atom. The number of piperazine rings is 1. The van der Waals surface area contributed by atoms with Crippen LogP contribution in [-0.2, 0) is 0 Å². The molecular weight excluding hydrogens is 386 g/mol. The van der Waals surface area contributed by atoms with Crippen LogP contribution in [0.1, 0.15) is 42.1 Å². The second kappa shape index (κ2) is 6.06. The first-order chi connectivity index (χ1) is 14.0. The molecule has 0 radical (unpaired) electrons. The van der Waals surface area contributed by atoms with Crippen LogP contribution in [0.5, 0.6) is 0 Å². The Morgan fingerprint density at radius 3 is 2.45 bits per heavy atom. The zero-order valence-electron chi connectivity index (χ0n) is 16.3. The minimum atomic E-state index is -1.14. The normalized spacial score (nSPS) is 24.7. The Bertz CT molecular complexity index is 1210. The van der Waals surface area contributed by atoms with Gasteiger partial charge in [-0.2, -0.15) is 0 Å². The van der Waals surface area contributed by atoms with Gasteiger partial charge in [0.05, 0.1) is 5.52 Å². The molecule has 2 aromatic heterocycles. The quantitative estimate of drug-likeness (QED) is 0.717. The van der Waals surface area contributed by atoms with Crippen molar-refractivity contribution in [1.82, 2.24) is 9.47 Å². The third kappa shape index (κ3) is 2.57. The topological polar surface area (TPSA) is 65.8 Å². The molecule has 3 fully saturated rings. The van der Waals surface area contributed by atoms with Crippen molar-refractivity contribution >= 4 is 43.3 Å². The summed E-state index contributed by atoms with van der Waals surface area (Å²) in [5.41, 5.74) is 1.64. The number of carbonyl (C=O) groups is 1. The van der Waals surface area contributed by atoms with Gasteiger partial charge in [0.15, 0.2) is 0 Å². The number of fused-ring (bicyclic) bond motifs is 5. The van der Waals surface area contributed by atoms with Crippen LogP contribution in [0.2, 0.25) is 0 Å². The van der Waals surface area contributed by atoms with Crippen molar-refractivity contribution in [2.45, 2.75) is 43.8 Å². The SMILES string of the molecule is CN1C2CCC1CN(c1ccc3c(c1)sc1c(=O)c(C(=O)O)cn(C4CC4)c13)C2. The zero-order chi connectivity index (χ0) is 19.9. The molecule has 6 nitrogen and oxygen atoms in total. The van der Waals surface area contributed by atoms with Crippen LogP contribution < -0.4 is 10.3 Å². The van der Waals surface area contributed by atoms with E-state index in [1.165, 1.54) is 29.9 Å². The van der Waals surface area contributed by atoms with E-state index in [2.05, 4.69) is 35.0 Å². The van der Waals surface area contributed by atoms with Gasteiger partial charge in [0, 0.05) is 53.2 Å². The fraction of sp³-hybridized carbons (Fsp3) is 0.455. The van der Waals surface area contributed by atoms with Crippen LogP contribution in [0.15, 0.2) is 29.2 Å². The molecule has 2 saturated heterocycles. The summed E-state index contributed by atoms with van der Waals surface area (Å²) in [6, 6.07) is 8.05. The van der Waals surface area contributed by atoms with Crippen molar-refractivity contribution in [3.63, 3.8) is 0 Å². The second-order valence-electron chi connectivity index (χ2n) is 8.73. The summed E-state index contributed by atoms with van der Waals surface area (Å²) in [6.45, 7) is 2.09. The molecule has 1 aliphatic carbocycles. The number of aromatic nitrogens is 1. The Morgan fingerprint density at radius 2 is 1.79 bits per heavy atom. The van der Waals surface area contributed by atoms with Crippen molar-refractivity contribution in [2.75, 3.05) is 25.0 Å². The monoisotopic (exact) mass is 409 g/mol. The first-order valence-electron chi connectivity index (χ1n) is 10.3. The van der Waals surface area contributed by atoms with Gasteiger partial charge in [-0.05, 0) is 50.9 Å². The van der Waals surface area contributed by atoms with Gasteiger partial charge in [-0.3, -0.25) is 9.69 Å². The van der Waals surface area contributed by atoms with Gasteiger partial charge >= 0.3 is 5.97 Å². The number of hydrogen-bond acceptors (Lipinski definition) is 5. The first kappa shape index (κ1) is 17.5. The van der Waals surface area contributed by atoms with E-state index >= 15 is 0 Å². The van der Waals surface area contributed by atoms with Gasteiger partial charge in [-0.1, -0.05) is 0 Å². The number of anilines is 1. The van der Waals surface area contributed by atoms with Crippen molar-refractivity contribution in [2.24, 2.45) is 0 Å². The van der Waals surface area contributed by atoms with Gasteiger partial charge in [-0.15, -0.1) is 11.3 Å². The highest BCUT2D eigenvalue weighted by Gasteiger charge is 2.37. The van der Waals surface area contributed by atoms with Crippen LogP contribution in [0.4, 0.5) is 5.69 Å². The highest BCUT2D eigenvalue weighted by Crippen LogP contribution is 2.42. The lowest BCUT2D eigenvalue weighted by Gasteiger charge is -2.40. The molecule has 0 amide bonds. The van der Waals surface area contributed by atoms with E-state index in [1.54, 1.807) is 6.20 Å². The summed E-state index contributed by atoms with van der Waals surface area (Å²) in [7, 11) is 2.24. The number of carboxylic acid groups (broad SMARTS) is 1. The first-order valence-corrected chi connectivity index (χ1v) is 11.1. The second-order valence-corrected chi connectivity index (χ2v) is 9.78. The summed E-state index contributed by atoms with van der Waals surface area (Å²) >= 11 is 1.44. The average molecular weight is 410 g/mol. The van der Waals surface area contributed by atoms with E-state index in [-0.39, 0.29) is 11.0 Å². The van der Waals surface area contributed by atoms with E-state index in [0.717, 1.165) is 41.5 Å². The van der Waals surface area contributed by atoms with Gasteiger partial charge in [-0.25, -0.2) is 4.79 Å². The van der Waals surface area contributed by atoms with E-state index in [9.17, 15) is 14.7 Å². The fourth-order valence-corrected chi connectivity index (χ4v) is 6.37. The van der Waals surface area contributed by atoms with E-state index in [4.69, 9.17) is 0 Å². The molecule has 150 valence electrons. The Kier molecular flexibility index (Phi) is 3.65. The number of aromatic carboxylic acids is 1. The van der Waals surface area contributed by atoms with Gasteiger partial charge in [0.2, 0.25) is 5.43 Å². The molecular formula is C22H23N3O3S. The Labute approximate surface area is 171 Å². The Balaban J connectivity index is 1.51. The number of pyridine rings is 1. The van der Waals surface area contributed by atoms with E-state index in [1.807, 2.05) is 4.57 Å². The molecule has 0 spiro atoms. The molecule has 3 aromatic rings. The number of hydrogen-bond donors (Lipinski definition) is 1. The average Bonchev–Trinajstić information content (AvgIpc) is 3.44. The summed E-state index contributed by atoms with van der Waals surface area (Å²) in [4.78, 5) is 29.5. The van der Waals surface area contributed by atoms with Crippen molar-refractivity contribution < 1.29 is 9.90 Å². The maximum atomic E-state index is 12.9. The van der Waals surface area contributed by atoms with Crippen molar-refractivity contribution in [3.8, 4) is 0 Å². The summed E-state index contributed by atoms with van der Waals surface area (Å²) in [5, 5.41) is 10.6. The molecule has 3 aliphatic rings. The maximum Gasteiger partial charge on any atom is 0.341 e. The molecule has 4 heterocycles. The minimum Gasteiger partial charge on any atom is -0.477 e. The van der Waals surface area contributed by atoms with Crippen molar-refractivity contribution in [1.29, 1.82) is 0 Å². The summed E-state index contributed by atoms with van der Waals surface area (Å²) in [6.07, 6.45) is 6.17. The van der Waals surface area contributed by atoms with E-state index in [0.29, 0.717) is 22.8 Å². The number of benzene rings is 1. The predicted octanol–water partition coefficient (Wildman–Crippen LogP) is 3.53. The highest BCUT2D eigenvalue weighted by atomic mass is 32.1. The molecule has 1 N–H and O–H groups in total. The van der Waals surface area contributed by atoms with Gasteiger partial charge < -0.3 is 14.6 Å². The van der Waals surface area contributed by atoms with Gasteiger partial charge in [0.1, 0.15) is 10.3 Å². The number of carboxylic acids is 1. The number of rotatable bonds is 3. The molecule has 29 heavy (non-hydrogen) atoms. The molecule has 6 rings (SSSR count). The maximum absolute atomic E-state index is 12.9. The molecule has 2 bridgehead atoms. The molecule has 1 saturated carbocycles. The van der Waals surface area contributed by atoms with Gasteiger partial charge in [0.25, 0.3) is 0 Å². The molecule has 2 atom stereocenters. The smallest absolute Gasteiger partial charge is 0.341 e. The lowest BCUT2D eigenvalue weighted by atomic mass is 10.1. The molecule has 2 unspecified atom stereocenters. The van der Waals surface area contributed by atoms with E-state index < -0.39 is 5.97 Å². The van der Waals surface area contributed by atoms with Crippen molar-refractivity contribution in [3.05, 3.63) is 40.2 Å². The van der Waals surface area contributed by atoms with Crippen LogP contribution in [0, 0.1) is 0 Å². The lowest BCUT2D eigenvalue weighted by molar-refractivity contribution is 0.0695. The molecule has 7 heteroatoms. The fourth-order valence-electron chi connectivity index (χ4n) is 5.18. The minimum absolute atomic E-state index is 0.119. The zero-order valence-corrected chi connectivity index (χ0v) is 17.1. The summed E-state index contributed by atoms with van der Waals surface area (Å²) < 4.78 is 3.68.